The van der Waals surface area contributed by atoms with Gasteiger partial charge in [-0.3, -0.25) is 14.2 Å². The normalized spacial score (nSPS) is 11.4. The van der Waals surface area contributed by atoms with Gasteiger partial charge < -0.3 is 18.9 Å². The molecule has 0 bridgehead atoms. The summed E-state index contributed by atoms with van der Waals surface area (Å²) in [5.74, 6) is -1.32. The maximum absolute atomic E-state index is 13.3. The van der Waals surface area contributed by atoms with Crippen molar-refractivity contribution < 1.29 is 31.6 Å². The van der Waals surface area contributed by atoms with Crippen LogP contribution in [0.3, 0.4) is 0 Å². The van der Waals surface area contributed by atoms with Gasteiger partial charge in [0.1, 0.15) is 21.8 Å². The minimum Gasteiger partial charge on any atom is -0.496 e. The second kappa shape index (κ2) is 11.2. The first kappa shape index (κ1) is 27.6. The molecule has 2 aromatic carbocycles. The molecule has 11 nitrogen and oxygen atoms in total. The minimum atomic E-state index is -4.08. The van der Waals surface area contributed by atoms with E-state index in [9.17, 15) is 17.6 Å². The van der Waals surface area contributed by atoms with Crippen molar-refractivity contribution in [3.05, 3.63) is 71.8 Å². The number of aromatic nitrogens is 3. The van der Waals surface area contributed by atoms with E-state index in [1.54, 1.807) is 47.4 Å². The molecule has 2 heterocycles. The fourth-order valence-corrected chi connectivity index (χ4v) is 5.29. The second-order valence-electron chi connectivity index (χ2n) is 8.76. The summed E-state index contributed by atoms with van der Waals surface area (Å²) >= 11 is 0. The van der Waals surface area contributed by atoms with E-state index in [1.165, 1.54) is 26.2 Å². The molecule has 4 rings (SSSR count). The highest BCUT2D eigenvalue weighted by Gasteiger charge is 2.25. The smallest absolute Gasteiger partial charge is 0.282 e. The number of ether oxygens (including phenoxy) is 2. The van der Waals surface area contributed by atoms with Crippen LogP contribution in [-0.4, -0.2) is 55.4 Å². The van der Waals surface area contributed by atoms with Crippen LogP contribution in [0.2, 0.25) is 0 Å². The minimum absolute atomic E-state index is 0.0197. The fraction of sp³-hybridized carbons (Fsp3) is 0.269. The average Bonchev–Trinajstić information content (AvgIpc) is 3.53. The van der Waals surface area contributed by atoms with Crippen molar-refractivity contribution in [3.8, 4) is 11.5 Å². The van der Waals surface area contributed by atoms with E-state index >= 15 is 0 Å². The van der Waals surface area contributed by atoms with Crippen LogP contribution in [0.25, 0.3) is 11.0 Å². The molecular formula is C26H28FN5O6S. The summed E-state index contributed by atoms with van der Waals surface area (Å²) in [6.07, 6.45) is 3.94. The Hall–Kier alpha value is -4.39. The number of likely N-dealkylation sites (N-methyl/N-ethyl adjacent to an activating group) is 1. The summed E-state index contributed by atoms with van der Waals surface area (Å²) < 4.78 is 60.0. The summed E-state index contributed by atoms with van der Waals surface area (Å²) in [4.78, 5) is 12.9. The molecular weight excluding hydrogens is 529 g/mol. The molecule has 0 spiro atoms. The number of fused-ring (bicyclic) bond motifs is 1. The molecule has 0 fully saturated rings. The second-order valence-corrected chi connectivity index (χ2v) is 10.4. The van der Waals surface area contributed by atoms with Crippen LogP contribution in [0.1, 0.15) is 23.6 Å². The number of benzene rings is 2. The Morgan fingerprint density at radius 1 is 1.15 bits per heavy atom. The van der Waals surface area contributed by atoms with Gasteiger partial charge in [-0.05, 0) is 41.8 Å². The number of hydrogen-bond donors (Lipinski definition) is 1. The van der Waals surface area contributed by atoms with E-state index in [2.05, 4.69) is 21.6 Å². The summed E-state index contributed by atoms with van der Waals surface area (Å²) in [5, 5.41) is 8.59. The molecule has 0 atom stereocenters. The number of sulfonamides is 1. The molecule has 1 N–H and O–H groups in total. The van der Waals surface area contributed by atoms with Crippen molar-refractivity contribution in [2.75, 3.05) is 26.0 Å². The number of anilines is 1. The van der Waals surface area contributed by atoms with Gasteiger partial charge in [0.15, 0.2) is 17.2 Å². The van der Waals surface area contributed by atoms with Crippen LogP contribution in [0.5, 0.6) is 11.5 Å². The maximum atomic E-state index is 13.3. The van der Waals surface area contributed by atoms with Crippen LogP contribution in [0, 0.1) is 0 Å². The van der Waals surface area contributed by atoms with E-state index in [0.29, 0.717) is 35.2 Å². The zero-order chi connectivity index (χ0) is 28.3. The Bertz CT molecular complexity index is 1650. The number of nitrogens with one attached hydrogen (secondary N) is 1. The Balaban J connectivity index is 1.59. The van der Waals surface area contributed by atoms with E-state index in [-0.39, 0.29) is 23.0 Å². The Morgan fingerprint density at radius 2 is 1.90 bits per heavy atom. The van der Waals surface area contributed by atoms with E-state index in [0.717, 1.165) is 11.1 Å². The lowest BCUT2D eigenvalue weighted by atomic mass is 10.1. The topological polar surface area (TPSA) is 129 Å². The van der Waals surface area contributed by atoms with Gasteiger partial charge in [0.2, 0.25) is 0 Å². The van der Waals surface area contributed by atoms with Crippen LogP contribution in [-0.2, 0) is 34.3 Å². The SMILES string of the molecule is C=C(F)C(=O)N(C)Cc1cnn(Cc2cc(OC)c3c(NS(=O)(=O)c4cc(CC)ccc4OC)noc3c2)c1. The fourth-order valence-electron chi connectivity index (χ4n) is 4.06. The van der Waals surface area contributed by atoms with E-state index < -0.39 is 21.8 Å². The first-order chi connectivity index (χ1) is 18.6. The van der Waals surface area contributed by atoms with Gasteiger partial charge in [-0.2, -0.15) is 5.10 Å². The molecule has 39 heavy (non-hydrogen) atoms. The molecule has 1 amide bonds. The third-order valence-corrected chi connectivity index (χ3v) is 7.36. The van der Waals surface area contributed by atoms with Crippen LogP contribution >= 0.6 is 0 Å². The van der Waals surface area contributed by atoms with Crippen molar-refractivity contribution in [1.29, 1.82) is 0 Å². The number of aryl methyl sites for hydroxylation is 1. The third kappa shape index (κ3) is 5.87. The van der Waals surface area contributed by atoms with Crippen molar-refractivity contribution in [2.24, 2.45) is 0 Å². The third-order valence-electron chi connectivity index (χ3n) is 6.00. The number of rotatable bonds is 11. The molecule has 0 saturated carbocycles. The Labute approximate surface area is 224 Å². The number of hydrogen-bond acceptors (Lipinski definition) is 8. The van der Waals surface area contributed by atoms with Crippen molar-refractivity contribution >= 4 is 32.7 Å². The standard InChI is InChI=1S/C26H28FN5O6S/c1-6-17-7-8-20(36-4)23(11-17)39(34,35)30-25-24-21(37-5)9-18(10-22(24)38-29-25)14-32-15-19(12-28-32)13-31(3)26(33)16(2)27/h7-12,15H,2,6,13-14H2,1,3-5H3,(H,29,30). The number of carbonyl (C=O) groups is 1. The summed E-state index contributed by atoms with van der Waals surface area (Å²) in [6.45, 7) is 5.41. The quantitative estimate of drug-likeness (QED) is 0.275. The number of methoxy groups -OCH3 is 2. The maximum Gasteiger partial charge on any atom is 0.282 e. The number of carbonyl (C=O) groups excluding carboxylic acids is 1. The highest BCUT2D eigenvalue weighted by molar-refractivity contribution is 7.92. The first-order valence-electron chi connectivity index (χ1n) is 11.8. The van der Waals surface area contributed by atoms with Crippen molar-refractivity contribution in [2.45, 2.75) is 31.3 Å². The summed E-state index contributed by atoms with van der Waals surface area (Å²) in [7, 11) is 0.245. The molecule has 0 unspecified atom stereocenters. The number of amides is 1. The van der Waals surface area contributed by atoms with Gasteiger partial charge in [0, 0.05) is 25.4 Å². The van der Waals surface area contributed by atoms with E-state index in [4.69, 9.17) is 14.0 Å². The summed E-state index contributed by atoms with van der Waals surface area (Å²) in [6, 6.07) is 8.38. The van der Waals surface area contributed by atoms with Crippen LogP contribution in [0.15, 0.2) is 64.5 Å². The van der Waals surface area contributed by atoms with E-state index in [1.807, 2.05) is 6.92 Å². The predicted molar refractivity (Wildman–Crippen MR) is 142 cm³/mol. The molecule has 0 aliphatic carbocycles. The highest BCUT2D eigenvalue weighted by atomic mass is 32.2. The van der Waals surface area contributed by atoms with Crippen LogP contribution < -0.4 is 14.2 Å². The van der Waals surface area contributed by atoms with Gasteiger partial charge in [0.25, 0.3) is 15.9 Å². The molecule has 206 valence electrons. The lowest BCUT2D eigenvalue weighted by Gasteiger charge is -2.14. The van der Waals surface area contributed by atoms with Gasteiger partial charge >= 0.3 is 0 Å². The zero-order valence-corrected chi connectivity index (χ0v) is 22.7. The Morgan fingerprint density at radius 3 is 2.56 bits per heavy atom. The number of nitrogens with zero attached hydrogens (tertiary/aromatic N) is 4. The largest absolute Gasteiger partial charge is 0.496 e. The van der Waals surface area contributed by atoms with Crippen LogP contribution in [0.4, 0.5) is 10.2 Å². The Kier molecular flexibility index (Phi) is 7.90. The average molecular weight is 558 g/mol. The van der Waals surface area contributed by atoms with Crippen molar-refractivity contribution in [3.63, 3.8) is 0 Å². The van der Waals surface area contributed by atoms with Gasteiger partial charge in [-0.25, -0.2) is 12.8 Å². The molecule has 0 radical (unpaired) electrons. The first-order valence-corrected chi connectivity index (χ1v) is 13.3. The highest BCUT2D eigenvalue weighted by Crippen LogP contribution is 2.36. The lowest BCUT2D eigenvalue weighted by Crippen LogP contribution is -2.25. The molecule has 0 aliphatic rings. The molecule has 2 aromatic heterocycles. The molecule has 0 saturated heterocycles. The predicted octanol–water partition coefficient (Wildman–Crippen LogP) is 3.89. The molecule has 13 heteroatoms. The molecule has 4 aromatic rings. The van der Waals surface area contributed by atoms with Gasteiger partial charge in [-0.15, -0.1) is 0 Å². The molecule has 0 aliphatic heterocycles. The zero-order valence-electron chi connectivity index (χ0n) is 21.9. The van der Waals surface area contributed by atoms with Crippen molar-refractivity contribution in [1.82, 2.24) is 19.8 Å². The monoisotopic (exact) mass is 557 g/mol. The van der Waals surface area contributed by atoms with Gasteiger partial charge in [0.05, 0.1) is 27.0 Å². The lowest BCUT2D eigenvalue weighted by molar-refractivity contribution is -0.127. The van der Waals surface area contributed by atoms with Gasteiger partial charge in [-0.1, -0.05) is 24.7 Å². The summed E-state index contributed by atoms with van der Waals surface area (Å²) in [5.41, 5.74) is 2.56. The number of halogens is 1.